The first-order valence-electron chi connectivity index (χ1n) is 8.55. The molecular formula is C18H22N4O5S. The van der Waals surface area contributed by atoms with Crippen LogP contribution in [0.2, 0.25) is 0 Å². The average molecular weight is 406 g/mol. The number of methoxy groups -OCH3 is 1. The van der Waals surface area contributed by atoms with Crippen LogP contribution in [0.4, 0.5) is 0 Å². The van der Waals surface area contributed by atoms with E-state index < -0.39 is 11.5 Å². The van der Waals surface area contributed by atoms with E-state index in [1.54, 1.807) is 12.1 Å². The van der Waals surface area contributed by atoms with E-state index in [0.717, 1.165) is 12.6 Å². The average Bonchev–Trinajstić information content (AvgIpc) is 2.69. The Balaban J connectivity index is 1.98. The highest BCUT2D eigenvalue weighted by atomic mass is 32.1. The molecular weight excluding hydrogens is 384 g/mol. The van der Waals surface area contributed by atoms with Crippen molar-refractivity contribution in [3.8, 4) is 11.6 Å². The number of H-pyrrole nitrogens is 1. The molecule has 28 heavy (non-hydrogen) atoms. The van der Waals surface area contributed by atoms with Crippen LogP contribution in [0.5, 0.6) is 11.6 Å². The molecule has 10 heteroatoms. The first-order chi connectivity index (χ1) is 13.5. The summed E-state index contributed by atoms with van der Waals surface area (Å²) in [6, 6.07) is 7.40. The van der Waals surface area contributed by atoms with E-state index in [9.17, 15) is 14.7 Å². The molecule has 0 saturated heterocycles. The highest BCUT2D eigenvalue weighted by Crippen LogP contribution is 2.12. The van der Waals surface area contributed by atoms with Crippen LogP contribution in [0.1, 0.15) is 18.1 Å². The Kier molecular flexibility index (Phi) is 7.90. The number of benzene rings is 1. The number of nitrogens with one attached hydrogen (secondary N) is 2. The molecule has 0 spiro atoms. The minimum absolute atomic E-state index is 0.0585. The van der Waals surface area contributed by atoms with Crippen LogP contribution in [0, 0.1) is 4.77 Å². The number of ether oxygens (including phenoxy) is 2. The molecule has 0 aliphatic carbocycles. The number of aromatic nitrogens is 2. The minimum Gasteiger partial charge on any atom is -0.494 e. The maximum Gasteiger partial charge on any atom is 0.277 e. The van der Waals surface area contributed by atoms with Crippen molar-refractivity contribution in [2.75, 3.05) is 20.3 Å². The molecule has 0 atom stereocenters. The Morgan fingerprint density at radius 3 is 2.75 bits per heavy atom. The van der Waals surface area contributed by atoms with Crippen molar-refractivity contribution in [3.63, 3.8) is 0 Å². The van der Waals surface area contributed by atoms with Crippen LogP contribution >= 0.6 is 12.2 Å². The highest BCUT2D eigenvalue weighted by molar-refractivity contribution is 7.71. The van der Waals surface area contributed by atoms with Crippen LogP contribution in [-0.4, -0.2) is 47.1 Å². The molecule has 0 unspecified atom stereocenters. The molecule has 1 amide bonds. The van der Waals surface area contributed by atoms with Gasteiger partial charge >= 0.3 is 0 Å². The van der Waals surface area contributed by atoms with Crippen molar-refractivity contribution in [2.24, 2.45) is 5.10 Å². The van der Waals surface area contributed by atoms with Crippen molar-refractivity contribution in [1.29, 1.82) is 0 Å². The fourth-order valence-electron chi connectivity index (χ4n) is 2.25. The summed E-state index contributed by atoms with van der Waals surface area (Å²) in [4.78, 5) is 26.2. The third-order valence-corrected chi connectivity index (χ3v) is 4.13. The standard InChI is InChI=1S/C18H22N4O5S/c1-3-12-4-6-13(7-5-12)27-11-15(23)21-19-10-14-16(24)20-18(28)22(17(14)25)8-9-26-2/h4-7,10,25H,3,8-9,11H2,1-2H3,(H,21,23)(H,20,24,28). The van der Waals surface area contributed by atoms with E-state index in [4.69, 9.17) is 21.7 Å². The summed E-state index contributed by atoms with van der Waals surface area (Å²) in [5.41, 5.74) is 2.64. The first kappa shape index (κ1) is 21.3. The van der Waals surface area contributed by atoms with Crippen LogP contribution in [0.3, 0.4) is 0 Å². The van der Waals surface area contributed by atoms with Crippen molar-refractivity contribution in [1.82, 2.24) is 15.0 Å². The molecule has 9 nitrogen and oxygen atoms in total. The number of hydrogen-bond acceptors (Lipinski definition) is 7. The molecule has 1 aromatic carbocycles. The number of carbonyl (C=O) groups excluding carboxylic acids is 1. The smallest absolute Gasteiger partial charge is 0.277 e. The zero-order chi connectivity index (χ0) is 20.5. The number of rotatable bonds is 9. The molecule has 0 saturated carbocycles. The van der Waals surface area contributed by atoms with Gasteiger partial charge in [0.05, 0.1) is 19.4 Å². The number of amides is 1. The summed E-state index contributed by atoms with van der Waals surface area (Å²) in [5.74, 6) is -0.319. The molecule has 150 valence electrons. The lowest BCUT2D eigenvalue weighted by Crippen LogP contribution is -2.25. The van der Waals surface area contributed by atoms with Gasteiger partial charge in [-0.15, -0.1) is 0 Å². The highest BCUT2D eigenvalue weighted by Gasteiger charge is 2.11. The van der Waals surface area contributed by atoms with Crippen molar-refractivity contribution in [3.05, 3.63) is 50.5 Å². The van der Waals surface area contributed by atoms with E-state index in [1.807, 2.05) is 19.1 Å². The number of hydrogen-bond donors (Lipinski definition) is 3. The van der Waals surface area contributed by atoms with Gasteiger partial charge in [-0.1, -0.05) is 19.1 Å². The Hall–Kier alpha value is -2.98. The van der Waals surface area contributed by atoms with Gasteiger partial charge in [0.2, 0.25) is 5.88 Å². The van der Waals surface area contributed by atoms with Crippen molar-refractivity contribution in [2.45, 2.75) is 19.9 Å². The topological polar surface area (TPSA) is 118 Å². The molecule has 0 radical (unpaired) electrons. The summed E-state index contributed by atoms with van der Waals surface area (Å²) in [6.45, 7) is 2.34. The number of aromatic hydroxyl groups is 1. The van der Waals surface area contributed by atoms with Crippen LogP contribution in [0.25, 0.3) is 0 Å². The van der Waals surface area contributed by atoms with Gasteiger partial charge in [0.25, 0.3) is 11.5 Å². The predicted molar refractivity (Wildman–Crippen MR) is 106 cm³/mol. The number of nitrogens with zero attached hydrogens (tertiary/aromatic N) is 2. The summed E-state index contributed by atoms with van der Waals surface area (Å²) < 4.78 is 11.7. The van der Waals surface area contributed by atoms with Crippen LogP contribution in [-0.2, 0) is 22.5 Å². The normalized spacial score (nSPS) is 10.9. The Labute approximate surface area is 166 Å². The molecule has 0 aliphatic heterocycles. The fraction of sp³-hybridized carbons (Fsp3) is 0.333. The van der Waals surface area contributed by atoms with Gasteiger partial charge in [0.1, 0.15) is 11.3 Å². The number of aromatic amines is 1. The van der Waals surface area contributed by atoms with E-state index in [0.29, 0.717) is 5.75 Å². The fourth-order valence-corrected chi connectivity index (χ4v) is 2.52. The molecule has 2 aromatic rings. The van der Waals surface area contributed by atoms with Gasteiger partial charge in [-0.2, -0.15) is 5.10 Å². The molecule has 0 aliphatic rings. The van der Waals surface area contributed by atoms with Gasteiger partial charge in [0, 0.05) is 7.11 Å². The zero-order valence-corrected chi connectivity index (χ0v) is 16.4. The quantitative estimate of drug-likeness (QED) is 0.329. The lowest BCUT2D eigenvalue weighted by molar-refractivity contribution is -0.123. The molecule has 2 rings (SSSR count). The molecule has 0 fully saturated rings. The Bertz CT molecular complexity index is 950. The zero-order valence-electron chi connectivity index (χ0n) is 15.6. The second-order valence-electron chi connectivity index (χ2n) is 5.72. The monoisotopic (exact) mass is 406 g/mol. The molecule has 1 aromatic heterocycles. The number of carbonyl (C=O) groups is 1. The van der Waals surface area contributed by atoms with Gasteiger partial charge in [-0.05, 0) is 36.3 Å². The maximum atomic E-state index is 12.0. The lowest BCUT2D eigenvalue weighted by Gasteiger charge is -2.10. The Morgan fingerprint density at radius 1 is 1.39 bits per heavy atom. The third kappa shape index (κ3) is 5.76. The number of aryl methyl sites for hydroxylation is 1. The van der Waals surface area contributed by atoms with E-state index in [-0.39, 0.29) is 36.0 Å². The summed E-state index contributed by atoms with van der Waals surface area (Å²) in [6.07, 6.45) is 1.96. The van der Waals surface area contributed by atoms with Gasteiger partial charge in [-0.3, -0.25) is 19.1 Å². The second-order valence-corrected chi connectivity index (χ2v) is 6.11. The first-order valence-corrected chi connectivity index (χ1v) is 8.95. The summed E-state index contributed by atoms with van der Waals surface area (Å²) in [7, 11) is 1.50. The van der Waals surface area contributed by atoms with Gasteiger partial charge in [0.15, 0.2) is 11.4 Å². The van der Waals surface area contributed by atoms with Gasteiger partial charge in [-0.25, -0.2) is 5.43 Å². The van der Waals surface area contributed by atoms with Crippen LogP contribution < -0.4 is 15.7 Å². The Morgan fingerprint density at radius 2 is 2.11 bits per heavy atom. The third-order valence-electron chi connectivity index (χ3n) is 3.81. The largest absolute Gasteiger partial charge is 0.494 e. The SMILES string of the molecule is CCc1ccc(OCC(=O)NN=Cc2c(O)n(CCOC)c(=S)[nH]c2=O)cc1. The minimum atomic E-state index is -0.624. The van der Waals surface area contributed by atoms with E-state index in [1.165, 1.54) is 17.2 Å². The van der Waals surface area contributed by atoms with Crippen molar-refractivity contribution >= 4 is 24.3 Å². The maximum absolute atomic E-state index is 12.0. The number of hydrazone groups is 1. The molecule has 0 bridgehead atoms. The van der Waals surface area contributed by atoms with Crippen LogP contribution in [0.15, 0.2) is 34.2 Å². The molecule has 1 heterocycles. The van der Waals surface area contributed by atoms with Crippen molar-refractivity contribution < 1.29 is 19.4 Å². The lowest BCUT2D eigenvalue weighted by atomic mass is 10.2. The summed E-state index contributed by atoms with van der Waals surface area (Å²) in [5, 5.41) is 13.9. The van der Waals surface area contributed by atoms with E-state index >= 15 is 0 Å². The van der Waals surface area contributed by atoms with Gasteiger partial charge < -0.3 is 14.6 Å². The summed E-state index contributed by atoms with van der Waals surface area (Å²) >= 11 is 5.01. The predicted octanol–water partition coefficient (Wildman–Crippen LogP) is 1.35. The second kappa shape index (κ2) is 10.4. The van der Waals surface area contributed by atoms with E-state index in [2.05, 4.69) is 15.5 Å². The molecule has 3 N–H and O–H groups in total.